The van der Waals surface area contributed by atoms with Crippen LogP contribution in [-0.2, 0) is 0 Å². The van der Waals surface area contributed by atoms with Gasteiger partial charge in [0.1, 0.15) is 0 Å². The molecule has 2 heterocycles. The standard InChI is InChI=1S/C27H37N3O2/c1-18(2)26-22-16-20(19-10-13-30(14-11-19)15-12-28-3)6-8-23(22)29-27(26)21-7-9-24(31-4)25(17-21)32-5/h6-9,16-19,28-29H,10-15H2,1-5H3. The van der Waals surface area contributed by atoms with Gasteiger partial charge in [0.25, 0.3) is 0 Å². The smallest absolute Gasteiger partial charge is 0.161 e. The molecule has 5 nitrogen and oxygen atoms in total. The van der Waals surface area contributed by atoms with Crippen LogP contribution in [0, 0.1) is 0 Å². The van der Waals surface area contributed by atoms with Crippen LogP contribution in [-0.4, -0.2) is 57.3 Å². The molecule has 1 aliphatic rings. The zero-order valence-electron chi connectivity index (χ0n) is 20.1. The summed E-state index contributed by atoms with van der Waals surface area (Å²) >= 11 is 0. The third-order valence-corrected chi connectivity index (χ3v) is 6.85. The van der Waals surface area contributed by atoms with Gasteiger partial charge < -0.3 is 24.7 Å². The predicted molar refractivity (Wildman–Crippen MR) is 133 cm³/mol. The number of likely N-dealkylation sites (tertiary alicyclic amines) is 1. The molecular formula is C27H37N3O2. The van der Waals surface area contributed by atoms with Crippen LogP contribution < -0.4 is 14.8 Å². The normalized spacial score (nSPS) is 15.6. The number of ether oxygens (including phenoxy) is 2. The van der Waals surface area contributed by atoms with Gasteiger partial charge in [-0.05, 0) is 86.3 Å². The van der Waals surface area contributed by atoms with E-state index >= 15 is 0 Å². The first kappa shape index (κ1) is 22.7. The van der Waals surface area contributed by atoms with Crippen molar-refractivity contribution in [1.29, 1.82) is 0 Å². The van der Waals surface area contributed by atoms with Crippen LogP contribution in [0.25, 0.3) is 22.2 Å². The maximum absolute atomic E-state index is 5.56. The minimum atomic E-state index is 0.408. The number of hydrogen-bond donors (Lipinski definition) is 2. The summed E-state index contributed by atoms with van der Waals surface area (Å²) in [4.78, 5) is 6.28. The maximum Gasteiger partial charge on any atom is 0.161 e. The van der Waals surface area contributed by atoms with Crippen molar-refractivity contribution in [3.05, 3.63) is 47.5 Å². The molecule has 0 saturated carbocycles. The largest absolute Gasteiger partial charge is 0.493 e. The van der Waals surface area contributed by atoms with Gasteiger partial charge in [0, 0.05) is 29.6 Å². The third-order valence-electron chi connectivity index (χ3n) is 6.85. The molecule has 32 heavy (non-hydrogen) atoms. The third kappa shape index (κ3) is 4.50. The van der Waals surface area contributed by atoms with Gasteiger partial charge in [0.05, 0.1) is 19.9 Å². The molecule has 1 aliphatic heterocycles. The molecule has 0 radical (unpaired) electrons. The van der Waals surface area contributed by atoms with E-state index < -0.39 is 0 Å². The average Bonchev–Trinajstić information content (AvgIpc) is 3.21. The molecule has 2 N–H and O–H groups in total. The molecule has 0 atom stereocenters. The zero-order chi connectivity index (χ0) is 22.7. The molecule has 0 spiro atoms. The van der Waals surface area contributed by atoms with E-state index in [9.17, 15) is 0 Å². The van der Waals surface area contributed by atoms with Gasteiger partial charge in [-0.1, -0.05) is 19.9 Å². The fraction of sp³-hybridized carbons (Fsp3) is 0.481. The first-order valence-corrected chi connectivity index (χ1v) is 11.8. The lowest BCUT2D eigenvalue weighted by Gasteiger charge is -2.32. The summed E-state index contributed by atoms with van der Waals surface area (Å²) in [7, 11) is 5.39. The minimum absolute atomic E-state index is 0.408. The molecule has 1 aromatic heterocycles. The van der Waals surface area contributed by atoms with Crippen molar-refractivity contribution in [2.75, 3.05) is 47.4 Å². The van der Waals surface area contributed by atoms with Gasteiger partial charge in [0.15, 0.2) is 11.5 Å². The summed E-state index contributed by atoms with van der Waals surface area (Å²) in [6.07, 6.45) is 2.47. The van der Waals surface area contributed by atoms with Crippen molar-refractivity contribution < 1.29 is 9.47 Å². The molecule has 0 bridgehead atoms. The van der Waals surface area contributed by atoms with Crippen LogP contribution in [0.4, 0.5) is 0 Å². The number of fused-ring (bicyclic) bond motifs is 1. The van der Waals surface area contributed by atoms with E-state index in [0.29, 0.717) is 11.8 Å². The van der Waals surface area contributed by atoms with Crippen molar-refractivity contribution in [2.24, 2.45) is 0 Å². The Balaban J connectivity index is 1.67. The highest BCUT2D eigenvalue weighted by Crippen LogP contribution is 2.40. The van der Waals surface area contributed by atoms with Crippen LogP contribution in [0.15, 0.2) is 36.4 Å². The number of piperidine rings is 1. The van der Waals surface area contributed by atoms with Crippen LogP contribution in [0.1, 0.15) is 49.7 Å². The van der Waals surface area contributed by atoms with Crippen LogP contribution >= 0.6 is 0 Å². The van der Waals surface area contributed by atoms with Crippen molar-refractivity contribution >= 4 is 10.9 Å². The fourth-order valence-corrected chi connectivity index (χ4v) is 5.06. The SMILES string of the molecule is CNCCN1CCC(c2ccc3[nH]c(-c4ccc(OC)c(OC)c4)c(C(C)C)c3c2)CC1. The summed E-state index contributed by atoms with van der Waals surface area (Å²) in [6.45, 7) is 9.14. The lowest BCUT2D eigenvalue weighted by molar-refractivity contribution is 0.214. The number of aromatic nitrogens is 1. The topological polar surface area (TPSA) is 49.5 Å². The maximum atomic E-state index is 5.56. The van der Waals surface area contributed by atoms with Gasteiger partial charge in [-0.15, -0.1) is 0 Å². The first-order chi connectivity index (χ1) is 15.5. The predicted octanol–water partition coefficient (Wildman–Crippen LogP) is 5.37. The van der Waals surface area contributed by atoms with E-state index in [-0.39, 0.29) is 0 Å². The highest BCUT2D eigenvalue weighted by atomic mass is 16.5. The number of methoxy groups -OCH3 is 2. The Bertz CT molecular complexity index is 1050. The molecule has 5 heteroatoms. The van der Waals surface area contributed by atoms with Gasteiger partial charge >= 0.3 is 0 Å². The van der Waals surface area contributed by atoms with Crippen LogP contribution in [0.3, 0.4) is 0 Å². The summed E-state index contributed by atoms with van der Waals surface area (Å²) in [6, 6.07) is 13.2. The molecule has 1 fully saturated rings. The second kappa shape index (κ2) is 9.97. The fourth-order valence-electron chi connectivity index (χ4n) is 5.06. The van der Waals surface area contributed by atoms with Crippen LogP contribution in [0.5, 0.6) is 11.5 Å². The Hall–Kier alpha value is -2.50. The van der Waals surface area contributed by atoms with Gasteiger partial charge in [0.2, 0.25) is 0 Å². The van der Waals surface area contributed by atoms with E-state index in [0.717, 1.165) is 30.2 Å². The van der Waals surface area contributed by atoms with E-state index in [1.165, 1.54) is 53.7 Å². The molecule has 0 unspecified atom stereocenters. The molecular weight excluding hydrogens is 398 g/mol. The van der Waals surface area contributed by atoms with Gasteiger partial charge in [-0.25, -0.2) is 0 Å². The summed E-state index contributed by atoms with van der Waals surface area (Å²) in [5.74, 6) is 2.56. The Morgan fingerprint density at radius 2 is 1.78 bits per heavy atom. The Labute approximate surface area is 192 Å². The summed E-state index contributed by atoms with van der Waals surface area (Å²) in [5.41, 5.74) is 6.36. The number of hydrogen-bond acceptors (Lipinski definition) is 4. The lowest BCUT2D eigenvalue weighted by atomic mass is 9.87. The second-order valence-electron chi connectivity index (χ2n) is 9.16. The molecule has 0 amide bonds. The number of aromatic amines is 1. The summed E-state index contributed by atoms with van der Waals surface area (Å²) < 4.78 is 11.0. The Morgan fingerprint density at radius 1 is 1.03 bits per heavy atom. The molecule has 172 valence electrons. The van der Waals surface area contributed by atoms with E-state index in [2.05, 4.69) is 59.4 Å². The Kier molecular flexibility index (Phi) is 7.07. The summed E-state index contributed by atoms with van der Waals surface area (Å²) in [5, 5.41) is 4.61. The quantitative estimate of drug-likeness (QED) is 0.499. The van der Waals surface area contributed by atoms with Crippen LogP contribution in [0.2, 0.25) is 0 Å². The molecule has 2 aromatic carbocycles. The molecule has 0 aliphatic carbocycles. The second-order valence-corrected chi connectivity index (χ2v) is 9.16. The number of likely N-dealkylation sites (N-methyl/N-ethyl adjacent to an activating group) is 1. The van der Waals surface area contributed by atoms with E-state index in [1.54, 1.807) is 14.2 Å². The first-order valence-electron chi connectivity index (χ1n) is 11.8. The lowest BCUT2D eigenvalue weighted by Crippen LogP contribution is -2.37. The number of H-pyrrole nitrogens is 1. The van der Waals surface area contributed by atoms with Gasteiger partial charge in [-0.2, -0.15) is 0 Å². The monoisotopic (exact) mass is 435 g/mol. The van der Waals surface area contributed by atoms with Gasteiger partial charge in [-0.3, -0.25) is 0 Å². The number of rotatable bonds is 8. The van der Waals surface area contributed by atoms with Crippen molar-refractivity contribution in [1.82, 2.24) is 15.2 Å². The molecule has 1 saturated heterocycles. The minimum Gasteiger partial charge on any atom is -0.493 e. The number of nitrogens with zero attached hydrogens (tertiary/aromatic N) is 1. The average molecular weight is 436 g/mol. The van der Waals surface area contributed by atoms with Crippen molar-refractivity contribution in [3.63, 3.8) is 0 Å². The zero-order valence-corrected chi connectivity index (χ0v) is 20.1. The molecule has 3 aromatic rings. The highest BCUT2D eigenvalue weighted by Gasteiger charge is 2.23. The number of benzene rings is 2. The Morgan fingerprint density at radius 3 is 2.44 bits per heavy atom. The van der Waals surface area contributed by atoms with E-state index in [4.69, 9.17) is 9.47 Å². The van der Waals surface area contributed by atoms with E-state index in [1.807, 2.05) is 13.1 Å². The molecule has 4 rings (SSSR count). The highest BCUT2D eigenvalue weighted by molar-refractivity contribution is 5.92. The number of nitrogens with one attached hydrogen (secondary N) is 2. The van der Waals surface area contributed by atoms with Crippen molar-refractivity contribution in [2.45, 2.75) is 38.5 Å². The van der Waals surface area contributed by atoms with Crippen molar-refractivity contribution in [3.8, 4) is 22.8 Å².